The van der Waals surface area contributed by atoms with Crippen molar-refractivity contribution in [2.75, 3.05) is 13.2 Å². The Morgan fingerprint density at radius 2 is 1.69 bits per heavy atom. The molecule has 1 amide bonds. The first-order chi connectivity index (χ1) is 18.9. The topological polar surface area (TPSA) is 106 Å². The third-order valence-corrected chi connectivity index (χ3v) is 6.50. The van der Waals surface area contributed by atoms with Crippen LogP contribution in [0.1, 0.15) is 66.2 Å². The highest BCUT2D eigenvalue weighted by molar-refractivity contribution is 6.46. The van der Waals surface area contributed by atoms with E-state index < -0.39 is 23.7 Å². The Bertz CT molecular complexity index is 1330. The number of nitrogens with zero attached hydrogens (tertiary/aromatic N) is 2. The number of Topliss-reactive ketones (excluding diaryl/α,β-unsaturated/α-hetero) is 1. The van der Waals surface area contributed by atoms with E-state index in [2.05, 4.69) is 11.9 Å². The van der Waals surface area contributed by atoms with Crippen molar-refractivity contribution in [2.24, 2.45) is 0 Å². The Morgan fingerprint density at radius 3 is 2.33 bits per heavy atom. The van der Waals surface area contributed by atoms with Gasteiger partial charge in [-0.15, -0.1) is 0 Å². The molecule has 1 fully saturated rings. The standard InChI is InChI=1S/C31H32N2O6/c1-3-5-6-18-39-25-15-13-22(14-16-25)28(34)26-27(24-8-7-17-32-19-24)33(30(36)29(26)35)20-21-9-11-23(12-10-21)31(37)38-4-2/h7-17,19,27,34H,3-6,18,20H2,1-2H3/b28-26+. The molecule has 1 aromatic heterocycles. The molecule has 8 heteroatoms. The van der Waals surface area contributed by atoms with E-state index in [0.717, 1.165) is 19.3 Å². The fraction of sp³-hybridized carbons (Fsp3) is 0.290. The monoisotopic (exact) mass is 528 g/mol. The van der Waals surface area contributed by atoms with Gasteiger partial charge in [-0.3, -0.25) is 14.6 Å². The summed E-state index contributed by atoms with van der Waals surface area (Å²) in [6, 6.07) is 16.1. The second kappa shape index (κ2) is 12.9. The number of carbonyl (C=O) groups is 3. The van der Waals surface area contributed by atoms with Crippen LogP contribution in [0.3, 0.4) is 0 Å². The van der Waals surface area contributed by atoms with Crippen molar-refractivity contribution in [2.45, 2.75) is 45.7 Å². The fourth-order valence-corrected chi connectivity index (χ4v) is 4.49. The number of esters is 1. The number of ketones is 1. The van der Waals surface area contributed by atoms with Gasteiger partial charge >= 0.3 is 5.97 Å². The predicted octanol–water partition coefficient (Wildman–Crippen LogP) is 5.45. The molecular formula is C31H32N2O6. The van der Waals surface area contributed by atoms with Crippen molar-refractivity contribution in [1.82, 2.24) is 9.88 Å². The summed E-state index contributed by atoms with van der Waals surface area (Å²) in [6.07, 6.45) is 6.32. The summed E-state index contributed by atoms with van der Waals surface area (Å²) >= 11 is 0. The number of hydrogen-bond acceptors (Lipinski definition) is 7. The number of aliphatic hydroxyl groups is 1. The van der Waals surface area contributed by atoms with Crippen LogP contribution in [-0.2, 0) is 20.9 Å². The molecule has 202 valence electrons. The van der Waals surface area contributed by atoms with Gasteiger partial charge in [-0.05, 0) is 66.9 Å². The molecule has 2 aromatic carbocycles. The number of hydrogen-bond donors (Lipinski definition) is 1. The fourth-order valence-electron chi connectivity index (χ4n) is 4.49. The molecule has 3 aromatic rings. The molecule has 1 aliphatic rings. The maximum atomic E-state index is 13.3. The van der Waals surface area contributed by atoms with E-state index >= 15 is 0 Å². The molecule has 39 heavy (non-hydrogen) atoms. The van der Waals surface area contributed by atoms with Gasteiger partial charge in [0.25, 0.3) is 11.7 Å². The van der Waals surface area contributed by atoms with Crippen LogP contribution in [0, 0.1) is 0 Å². The second-order valence-corrected chi connectivity index (χ2v) is 9.21. The van der Waals surface area contributed by atoms with Gasteiger partial charge in [0.05, 0.1) is 30.4 Å². The molecule has 0 bridgehead atoms. The van der Waals surface area contributed by atoms with Crippen LogP contribution in [0.2, 0.25) is 0 Å². The van der Waals surface area contributed by atoms with Crippen molar-refractivity contribution in [1.29, 1.82) is 0 Å². The minimum absolute atomic E-state index is 0.00671. The lowest BCUT2D eigenvalue weighted by Crippen LogP contribution is -2.29. The number of carbonyl (C=O) groups excluding carboxylic acids is 3. The Labute approximate surface area is 227 Å². The Hall–Kier alpha value is -4.46. The molecule has 1 atom stereocenters. The Kier molecular flexibility index (Phi) is 9.10. The van der Waals surface area contributed by atoms with E-state index in [0.29, 0.717) is 34.6 Å². The van der Waals surface area contributed by atoms with Crippen LogP contribution in [0.4, 0.5) is 0 Å². The maximum Gasteiger partial charge on any atom is 0.338 e. The van der Waals surface area contributed by atoms with E-state index in [1.807, 2.05) is 0 Å². The molecule has 1 N–H and O–H groups in total. The number of aliphatic hydroxyl groups excluding tert-OH is 1. The van der Waals surface area contributed by atoms with Crippen molar-refractivity contribution in [3.8, 4) is 5.75 Å². The smallest absolute Gasteiger partial charge is 0.338 e. The zero-order chi connectivity index (χ0) is 27.8. The number of aromatic nitrogens is 1. The van der Waals surface area contributed by atoms with Gasteiger partial charge in [0, 0.05) is 24.5 Å². The quantitative estimate of drug-likeness (QED) is 0.116. The number of amides is 1. The van der Waals surface area contributed by atoms with Gasteiger partial charge in [-0.2, -0.15) is 0 Å². The lowest BCUT2D eigenvalue weighted by Gasteiger charge is -2.25. The highest BCUT2D eigenvalue weighted by Gasteiger charge is 2.46. The zero-order valence-corrected chi connectivity index (χ0v) is 22.1. The molecule has 4 rings (SSSR count). The van der Waals surface area contributed by atoms with Crippen LogP contribution in [0.15, 0.2) is 78.6 Å². The molecule has 2 heterocycles. The number of benzene rings is 2. The lowest BCUT2D eigenvalue weighted by molar-refractivity contribution is -0.140. The van der Waals surface area contributed by atoms with E-state index in [-0.39, 0.29) is 24.5 Å². The number of ether oxygens (including phenoxy) is 2. The van der Waals surface area contributed by atoms with E-state index in [9.17, 15) is 19.5 Å². The number of likely N-dealkylation sites (tertiary alicyclic amines) is 1. The molecule has 1 aliphatic heterocycles. The van der Waals surface area contributed by atoms with Crippen molar-refractivity contribution in [3.63, 3.8) is 0 Å². The van der Waals surface area contributed by atoms with Crippen LogP contribution < -0.4 is 4.74 Å². The third-order valence-electron chi connectivity index (χ3n) is 6.50. The predicted molar refractivity (Wildman–Crippen MR) is 146 cm³/mol. The number of pyridine rings is 1. The Morgan fingerprint density at radius 1 is 0.974 bits per heavy atom. The SMILES string of the molecule is CCCCCOc1ccc(/C(O)=C2\C(=O)C(=O)N(Cc3ccc(C(=O)OCC)cc3)C2c2cccnc2)cc1. The molecule has 0 radical (unpaired) electrons. The van der Waals surface area contributed by atoms with Crippen molar-refractivity contribution < 1.29 is 29.0 Å². The molecule has 0 aliphatic carbocycles. The highest BCUT2D eigenvalue weighted by atomic mass is 16.5. The number of unbranched alkanes of at least 4 members (excludes halogenated alkanes) is 2. The average Bonchev–Trinajstić information content (AvgIpc) is 3.21. The first-order valence-corrected chi connectivity index (χ1v) is 13.1. The summed E-state index contributed by atoms with van der Waals surface area (Å²) in [5, 5.41) is 11.3. The van der Waals surface area contributed by atoms with E-state index in [1.54, 1.807) is 80.0 Å². The normalized spacial score (nSPS) is 16.4. The van der Waals surface area contributed by atoms with Gasteiger partial charge in [0.15, 0.2) is 0 Å². The van der Waals surface area contributed by atoms with Gasteiger partial charge in [0.2, 0.25) is 0 Å². The van der Waals surface area contributed by atoms with Crippen molar-refractivity contribution in [3.05, 3.63) is 101 Å². The highest BCUT2D eigenvalue weighted by Crippen LogP contribution is 2.40. The van der Waals surface area contributed by atoms with Gasteiger partial charge in [-0.1, -0.05) is 38.0 Å². The maximum absolute atomic E-state index is 13.3. The van der Waals surface area contributed by atoms with E-state index in [4.69, 9.17) is 9.47 Å². The second-order valence-electron chi connectivity index (χ2n) is 9.21. The van der Waals surface area contributed by atoms with Crippen LogP contribution >= 0.6 is 0 Å². The lowest BCUT2D eigenvalue weighted by atomic mass is 9.96. The Balaban J connectivity index is 1.64. The summed E-state index contributed by atoms with van der Waals surface area (Å²) in [7, 11) is 0. The summed E-state index contributed by atoms with van der Waals surface area (Å²) in [5.74, 6) is -1.53. The minimum atomic E-state index is -0.839. The third kappa shape index (κ3) is 6.34. The van der Waals surface area contributed by atoms with Gasteiger partial charge < -0.3 is 19.5 Å². The molecular weight excluding hydrogens is 496 g/mol. The van der Waals surface area contributed by atoms with E-state index in [1.165, 1.54) is 4.90 Å². The van der Waals surface area contributed by atoms with Crippen molar-refractivity contribution >= 4 is 23.4 Å². The summed E-state index contributed by atoms with van der Waals surface area (Å²) in [4.78, 5) is 44.1. The summed E-state index contributed by atoms with van der Waals surface area (Å²) < 4.78 is 10.8. The average molecular weight is 529 g/mol. The van der Waals surface area contributed by atoms with Crippen LogP contribution in [0.25, 0.3) is 5.76 Å². The minimum Gasteiger partial charge on any atom is -0.507 e. The largest absolute Gasteiger partial charge is 0.507 e. The van der Waals surface area contributed by atoms with Gasteiger partial charge in [0.1, 0.15) is 11.5 Å². The van der Waals surface area contributed by atoms with Crippen LogP contribution in [-0.4, -0.2) is 45.9 Å². The molecule has 1 saturated heterocycles. The molecule has 8 nitrogen and oxygen atoms in total. The molecule has 0 saturated carbocycles. The van der Waals surface area contributed by atoms with Crippen LogP contribution in [0.5, 0.6) is 5.75 Å². The first kappa shape index (κ1) is 27.6. The molecule has 0 spiro atoms. The van der Waals surface area contributed by atoms with Gasteiger partial charge in [-0.25, -0.2) is 4.79 Å². The summed E-state index contributed by atoms with van der Waals surface area (Å²) in [5.41, 5.74) is 2.10. The first-order valence-electron chi connectivity index (χ1n) is 13.1. The molecule has 1 unspecified atom stereocenters. The number of rotatable bonds is 11. The zero-order valence-electron chi connectivity index (χ0n) is 22.1. The summed E-state index contributed by atoms with van der Waals surface area (Å²) in [6.45, 7) is 4.83.